The average Bonchev–Trinajstić information content (AvgIpc) is 2.85. The second kappa shape index (κ2) is 2.96. The summed E-state index contributed by atoms with van der Waals surface area (Å²) in [6.07, 6.45) is 11.9. The van der Waals surface area contributed by atoms with Crippen LogP contribution in [0.5, 0.6) is 0 Å². The smallest absolute Gasteiger partial charge is 0.309 e. The normalized spacial score (nSPS) is 60.3. The van der Waals surface area contributed by atoms with Crippen LogP contribution in [0, 0.1) is 29.1 Å². The summed E-state index contributed by atoms with van der Waals surface area (Å²) in [6, 6.07) is 0. The van der Waals surface area contributed by atoms with Crippen LogP contribution in [0.15, 0.2) is 0 Å². The number of carbonyl (C=O) groups is 1. The van der Waals surface area contributed by atoms with Gasteiger partial charge in [-0.2, -0.15) is 0 Å². The van der Waals surface area contributed by atoms with Crippen LogP contribution in [-0.4, -0.2) is 11.6 Å². The maximum Gasteiger partial charge on any atom is 0.309 e. The fourth-order valence-electron chi connectivity index (χ4n) is 6.84. The van der Waals surface area contributed by atoms with E-state index in [2.05, 4.69) is 0 Å². The number of fused-ring (bicyclic) bond motifs is 2. The molecule has 2 heteroatoms. The van der Waals surface area contributed by atoms with E-state index in [1.165, 1.54) is 44.9 Å². The quantitative estimate of drug-likeness (QED) is 0.664. The molecule has 0 amide bonds. The third-order valence-electron chi connectivity index (χ3n) is 7.11. The summed E-state index contributed by atoms with van der Waals surface area (Å²) < 4.78 is 5.99. The van der Waals surface area contributed by atoms with Gasteiger partial charge < -0.3 is 4.74 Å². The first-order chi connectivity index (χ1) is 8.68. The minimum Gasteiger partial charge on any atom is -0.458 e. The van der Waals surface area contributed by atoms with E-state index < -0.39 is 0 Å². The Morgan fingerprint density at radius 3 is 2.00 bits per heavy atom. The molecule has 0 aromatic carbocycles. The van der Waals surface area contributed by atoms with Gasteiger partial charge in [-0.3, -0.25) is 4.79 Å². The topological polar surface area (TPSA) is 26.3 Å². The molecule has 5 aliphatic carbocycles. The lowest BCUT2D eigenvalue weighted by atomic mass is 9.45. The summed E-state index contributed by atoms with van der Waals surface area (Å²) in [5.41, 5.74) is 0.396. The lowest BCUT2D eigenvalue weighted by Crippen LogP contribution is -2.57. The van der Waals surface area contributed by atoms with Gasteiger partial charge in [-0.15, -0.1) is 0 Å². The number of esters is 1. The summed E-state index contributed by atoms with van der Waals surface area (Å²) in [5, 5.41) is 0. The molecule has 18 heavy (non-hydrogen) atoms. The maximum atomic E-state index is 11.9. The lowest BCUT2D eigenvalue weighted by molar-refractivity contribution is -0.198. The molecule has 0 unspecified atom stereocenters. The molecule has 0 N–H and O–H groups in total. The van der Waals surface area contributed by atoms with Gasteiger partial charge in [0.25, 0.3) is 0 Å². The molecule has 0 spiro atoms. The first kappa shape index (κ1) is 10.3. The molecule has 5 saturated carbocycles. The Kier molecular flexibility index (Phi) is 1.69. The van der Waals surface area contributed by atoms with Gasteiger partial charge in [-0.05, 0) is 69.1 Å². The summed E-state index contributed by atoms with van der Waals surface area (Å²) in [6.45, 7) is 0. The van der Waals surface area contributed by atoms with Crippen LogP contribution in [0.1, 0.15) is 57.8 Å². The Morgan fingerprint density at radius 2 is 1.56 bits per heavy atom. The molecule has 0 aromatic heterocycles. The Balaban J connectivity index is 1.58. The molecule has 0 aromatic rings. The molecule has 0 radical (unpaired) electrons. The SMILES string of the molecule is O=C1O[C@]2(C34CC5CC(CC(C5)C3)C4)CC[C@H]1C2. The number of carbonyl (C=O) groups excluding carboxylic acids is 1. The van der Waals surface area contributed by atoms with E-state index >= 15 is 0 Å². The fourth-order valence-corrected chi connectivity index (χ4v) is 6.84. The Morgan fingerprint density at radius 1 is 0.944 bits per heavy atom. The van der Waals surface area contributed by atoms with E-state index in [1.54, 1.807) is 0 Å². The molecule has 1 heterocycles. The van der Waals surface area contributed by atoms with Crippen LogP contribution < -0.4 is 0 Å². The van der Waals surface area contributed by atoms with Gasteiger partial charge >= 0.3 is 5.97 Å². The largest absolute Gasteiger partial charge is 0.458 e. The monoisotopic (exact) mass is 246 g/mol. The van der Waals surface area contributed by atoms with E-state index in [9.17, 15) is 4.79 Å². The van der Waals surface area contributed by atoms with Gasteiger partial charge in [0.1, 0.15) is 5.60 Å². The highest BCUT2D eigenvalue weighted by Crippen LogP contribution is 2.69. The van der Waals surface area contributed by atoms with Crippen molar-refractivity contribution in [1.82, 2.24) is 0 Å². The first-order valence-corrected chi connectivity index (χ1v) is 7.91. The minimum absolute atomic E-state index is 0.00917. The van der Waals surface area contributed by atoms with Crippen LogP contribution in [0.3, 0.4) is 0 Å². The van der Waals surface area contributed by atoms with Crippen LogP contribution in [0.4, 0.5) is 0 Å². The number of ether oxygens (including phenoxy) is 1. The number of rotatable bonds is 1. The zero-order chi connectivity index (χ0) is 12.0. The van der Waals surface area contributed by atoms with Crippen molar-refractivity contribution in [2.45, 2.75) is 63.4 Å². The maximum absolute atomic E-state index is 11.9. The molecule has 2 nitrogen and oxygen atoms in total. The second-order valence-corrected chi connectivity index (χ2v) is 8.05. The van der Waals surface area contributed by atoms with Crippen molar-refractivity contribution in [3.63, 3.8) is 0 Å². The summed E-state index contributed by atoms with van der Waals surface area (Å²) in [5.74, 6) is 3.28. The highest BCUT2D eigenvalue weighted by Gasteiger charge is 2.67. The first-order valence-electron chi connectivity index (χ1n) is 7.91. The van der Waals surface area contributed by atoms with E-state index in [-0.39, 0.29) is 17.5 Å². The highest BCUT2D eigenvalue weighted by molar-refractivity contribution is 5.76. The van der Waals surface area contributed by atoms with E-state index in [1.807, 2.05) is 0 Å². The summed E-state index contributed by atoms with van der Waals surface area (Å²) >= 11 is 0. The average molecular weight is 246 g/mol. The van der Waals surface area contributed by atoms with Gasteiger partial charge in [0.2, 0.25) is 0 Å². The molecular weight excluding hydrogens is 224 g/mol. The van der Waals surface area contributed by atoms with E-state index in [4.69, 9.17) is 4.74 Å². The van der Waals surface area contributed by atoms with E-state index in [0.717, 1.165) is 30.6 Å². The van der Waals surface area contributed by atoms with Gasteiger partial charge in [0, 0.05) is 11.8 Å². The van der Waals surface area contributed by atoms with Crippen molar-refractivity contribution in [2.75, 3.05) is 0 Å². The third kappa shape index (κ3) is 1.05. The molecule has 6 aliphatic rings. The molecular formula is C16H22O2. The molecule has 1 saturated heterocycles. The zero-order valence-corrected chi connectivity index (χ0v) is 11.0. The summed E-state index contributed by atoms with van der Waals surface area (Å²) in [4.78, 5) is 11.9. The van der Waals surface area contributed by atoms with Gasteiger partial charge in [-0.1, -0.05) is 0 Å². The lowest BCUT2D eigenvalue weighted by Gasteiger charge is -2.61. The molecule has 2 atom stereocenters. The molecule has 6 rings (SSSR count). The highest BCUT2D eigenvalue weighted by atomic mass is 16.6. The number of hydrogen-bond acceptors (Lipinski definition) is 2. The van der Waals surface area contributed by atoms with Crippen molar-refractivity contribution in [1.29, 1.82) is 0 Å². The van der Waals surface area contributed by atoms with Gasteiger partial charge in [0.05, 0.1) is 5.92 Å². The van der Waals surface area contributed by atoms with Crippen molar-refractivity contribution in [3.05, 3.63) is 0 Å². The van der Waals surface area contributed by atoms with Crippen LogP contribution in [-0.2, 0) is 9.53 Å². The molecule has 6 fully saturated rings. The predicted molar refractivity (Wildman–Crippen MR) is 66.8 cm³/mol. The molecule has 6 bridgehead atoms. The third-order valence-corrected chi connectivity index (χ3v) is 7.11. The number of hydrogen-bond donors (Lipinski definition) is 0. The second-order valence-electron chi connectivity index (χ2n) is 8.05. The van der Waals surface area contributed by atoms with Crippen LogP contribution >= 0.6 is 0 Å². The fraction of sp³-hybridized carbons (Fsp3) is 0.938. The van der Waals surface area contributed by atoms with E-state index in [0.29, 0.717) is 5.41 Å². The Bertz CT molecular complexity index is 392. The van der Waals surface area contributed by atoms with Crippen molar-refractivity contribution >= 4 is 5.97 Å². The Labute approximate surface area is 108 Å². The van der Waals surface area contributed by atoms with Crippen molar-refractivity contribution < 1.29 is 9.53 Å². The summed E-state index contributed by atoms with van der Waals surface area (Å²) in [7, 11) is 0. The Hall–Kier alpha value is -0.530. The zero-order valence-electron chi connectivity index (χ0n) is 11.0. The molecule has 1 aliphatic heterocycles. The molecule has 98 valence electrons. The van der Waals surface area contributed by atoms with Crippen molar-refractivity contribution in [2.24, 2.45) is 29.1 Å². The standard InChI is InChI=1S/C16H22O2/c17-14-13-1-2-16(9-13,18-14)15-6-10-3-11(7-15)5-12(4-10)8-15/h10-13H,1-9H2/t10?,11?,12?,13-,15?,16+/m0/s1. The van der Waals surface area contributed by atoms with Crippen LogP contribution in [0.2, 0.25) is 0 Å². The van der Waals surface area contributed by atoms with Gasteiger partial charge in [0.15, 0.2) is 0 Å². The van der Waals surface area contributed by atoms with Gasteiger partial charge in [-0.25, -0.2) is 0 Å². The minimum atomic E-state index is -0.00917. The van der Waals surface area contributed by atoms with Crippen molar-refractivity contribution in [3.8, 4) is 0 Å². The van der Waals surface area contributed by atoms with Crippen LogP contribution in [0.25, 0.3) is 0 Å². The predicted octanol–water partition coefficient (Wildman–Crippen LogP) is 3.30.